The third-order valence-corrected chi connectivity index (χ3v) is 4.85. The normalized spacial score (nSPS) is 10.8. The number of fused-ring (bicyclic) bond motifs is 1. The van der Waals surface area contributed by atoms with Crippen LogP contribution in [0.1, 0.15) is 5.56 Å². The second-order valence-electron chi connectivity index (χ2n) is 5.84. The van der Waals surface area contributed by atoms with Crippen molar-refractivity contribution in [2.45, 2.75) is 9.79 Å². The van der Waals surface area contributed by atoms with E-state index >= 15 is 0 Å². The number of hydrogen-bond donors (Lipinski definition) is 0. The van der Waals surface area contributed by atoms with E-state index in [1.165, 1.54) is 0 Å². The van der Waals surface area contributed by atoms with Crippen molar-refractivity contribution >= 4 is 48.1 Å². The van der Waals surface area contributed by atoms with Gasteiger partial charge in [-0.1, -0.05) is 66.7 Å². The van der Waals surface area contributed by atoms with Gasteiger partial charge in [0, 0.05) is 11.6 Å². The quantitative estimate of drug-likeness (QED) is 0.244. The molecule has 0 radical (unpaired) electrons. The molecule has 3 aromatic carbocycles. The molecular weight excluding hydrogens is 551 g/mol. The summed E-state index contributed by atoms with van der Waals surface area (Å²) in [5.41, 5.74) is 4.39. The van der Waals surface area contributed by atoms with E-state index in [0.29, 0.717) is 0 Å². The molecule has 1 heterocycles. The SMILES string of the molecule is [Pt+2].[S-]c1ccccc1C=Nc1cccc2ccc(-c3ccccc3[S-])nc12. The smallest absolute Gasteiger partial charge is 0.779 e. The molecule has 0 atom stereocenters. The Kier molecular flexibility index (Phi) is 6.33. The molecule has 4 aromatic rings. The number of aromatic nitrogens is 1. The standard InChI is InChI=1S/C22H16N2S2.Pt/c25-20-10-3-1-6-16(20)14-23-19-9-5-7-15-12-13-18(24-22(15)19)17-8-2-4-11-21(17)26;/h1-14,25-26H;/q;+2/p-2. The van der Waals surface area contributed by atoms with Crippen LogP contribution in [0.25, 0.3) is 22.2 Å². The predicted octanol–water partition coefficient (Wildman–Crippen LogP) is 5.46. The number of pyridine rings is 1. The second kappa shape index (κ2) is 8.70. The summed E-state index contributed by atoms with van der Waals surface area (Å²) in [6, 6.07) is 25.6. The maximum absolute atomic E-state index is 5.44. The van der Waals surface area contributed by atoms with E-state index in [1.807, 2.05) is 72.8 Å². The molecule has 0 saturated carbocycles. The largest absolute Gasteiger partial charge is 2.00 e. The Hall–Kier alpha value is -2.13. The number of hydrogen-bond acceptors (Lipinski definition) is 4. The number of para-hydroxylation sites is 1. The van der Waals surface area contributed by atoms with Gasteiger partial charge in [0.05, 0.1) is 16.9 Å². The number of rotatable bonds is 3. The molecule has 0 aliphatic carbocycles. The van der Waals surface area contributed by atoms with Crippen molar-refractivity contribution in [1.29, 1.82) is 0 Å². The fraction of sp³-hybridized carbons (Fsp3) is 0. The van der Waals surface area contributed by atoms with Crippen molar-refractivity contribution in [2.24, 2.45) is 4.99 Å². The maximum atomic E-state index is 5.44. The van der Waals surface area contributed by atoms with Crippen LogP contribution >= 0.6 is 0 Å². The van der Waals surface area contributed by atoms with Crippen molar-refractivity contribution < 1.29 is 21.1 Å². The monoisotopic (exact) mass is 565 g/mol. The van der Waals surface area contributed by atoms with Crippen LogP contribution in [-0.4, -0.2) is 11.2 Å². The third kappa shape index (κ3) is 4.24. The molecule has 0 fully saturated rings. The summed E-state index contributed by atoms with van der Waals surface area (Å²) in [7, 11) is 0. The predicted molar refractivity (Wildman–Crippen MR) is 112 cm³/mol. The van der Waals surface area contributed by atoms with Gasteiger partial charge in [0.25, 0.3) is 0 Å². The summed E-state index contributed by atoms with van der Waals surface area (Å²) in [5.74, 6) is 0. The third-order valence-electron chi connectivity index (χ3n) is 4.12. The van der Waals surface area contributed by atoms with Crippen LogP contribution in [0.2, 0.25) is 0 Å². The van der Waals surface area contributed by atoms with Gasteiger partial charge in [0.15, 0.2) is 0 Å². The van der Waals surface area contributed by atoms with E-state index in [2.05, 4.69) is 11.1 Å². The van der Waals surface area contributed by atoms with Gasteiger partial charge >= 0.3 is 21.1 Å². The van der Waals surface area contributed by atoms with Crippen LogP contribution in [0.5, 0.6) is 0 Å². The molecule has 0 spiro atoms. The summed E-state index contributed by atoms with van der Waals surface area (Å²) in [6.45, 7) is 0. The van der Waals surface area contributed by atoms with Crippen molar-refractivity contribution in [2.75, 3.05) is 0 Å². The molecule has 0 aliphatic rings. The minimum absolute atomic E-state index is 0. The maximum Gasteiger partial charge on any atom is 2.00 e. The second-order valence-corrected chi connectivity index (χ2v) is 6.72. The fourth-order valence-corrected chi connectivity index (χ4v) is 3.24. The molecule has 0 N–H and O–H groups in total. The van der Waals surface area contributed by atoms with Crippen molar-refractivity contribution in [3.05, 3.63) is 84.4 Å². The van der Waals surface area contributed by atoms with Crippen LogP contribution < -0.4 is 0 Å². The minimum Gasteiger partial charge on any atom is -0.779 e. The molecule has 27 heavy (non-hydrogen) atoms. The Morgan fingerprint density at radius 3 is 2.26 bits per heavy atom. The van der Waals surface area contributed by atoms with Gasteiger partial charge in [-0.25, -0.2) is 4.98 Å². The molecule has 134 valence electrons. The summed E-state index contributed by atoms with van der Waals surface area (Å²) >= 11 is 10.8. The topological polar surface area (TPSA) is 25.2 Å². The van der Waals surface area contributed by atoms with E-state index in [-0.39, 0.29) is 21.1 Å². The van der Waals surface area contributed by atoms with Gasteiger partial charge in [0.2, 0.25) is 0 Å². The molecule has 0 saturated heterocycles. The average Bonchev–Trinajstić information content (AvgIpc) is 2.67. The van der Waals surface area contributed by atoms with E-state index < -0.39 is 0 Å². The van der Waals surface area contributed by atoms with E-state index in [9.17, 15) is 0 Å². The number of benzene rings is 3. The molecule has 0 aliphatic heterocycles. The van der Waals surface area contributed by atoms with Crippen LogP contribution in [0.4, 0.5) is 5.69 Å². The fourth-order valence-electron chi connectivity index (χ4n) is 2.79. The van der Waals surface area contributed by atoms with Crippen molar-refractivity contribution in [3.63, 3.8) is 0 Å². The van der Waals surface area contributed by atoms with E-state index in [0.717, 1.165) is 43.2 Å². The zero-order valence-corrected chi connectivity index (χ0v) is 18.0. The van der Waals surface area contributed by atoms with Crippen molar-refractivity contribution in [3.8, 4) is 11.3 Å². The molecule has 4 rings (SSSR count). The van der Waals surface area contributed by atoms with Gasteiger partial charge in [-0.2, -0.15) is 9.79 Å². The summed E-state index contributed by atoms with van der Waals surface area (Å²) in [5, 5.41) is 1.04. The first kappa shape index (κ1) is 19.6. The molecule has 0 bridgehead atoms. The molecular formula is C22H14N2PtS2. The van der Waals surface area contributed by atoms with Crippen LogP contribution in [0.15, 0.2) is 93.6 Å². The van der Waals surface area contributed by atoms with Crippen molar-refractivity contribution in [1.82, 2.24) is 4.98 Å². The van der Waals surface area contributed by atoms with E-state index in [1.54, 1.807) is 6.21 Å². The molecule has 0 unspecified atom stereocenters. The Morgan fingerprint density at radius 1 is 0.741 bits per heavy atom. The molecule has 0 amide bonds. The molecule has 1 aromatic heterocycles. The van der Waals surface area contributed by atoms with Crippen LogP contribution in [0, 0.1) is 0 Å². The Balaban J connectivity index is 0.00000210. The van der Waals surface area contributed by atoms with Gasteiger partial charge in [0.1, 0.15) is 0 Å². The van der Waals surface area contributed by atoms with Gasteiger partial charge < -0.3 is 25.3 Å². The Labute approximate surface area is 183 Å². The minimum atomic E-state index is 0. The first-order chi connectivity index (χ1) is 12.7. The Bertz CT molecular complexity index is 1130. The average molecular weight is 566 g/mol. The summed E-state index contributed by atoms with van der Waals surface area (Å²) in [6.07, 6.45) is 1.80. The summed E-state index contributed by atoms with van der Waals surface area (Å²) in [4.78, 5) is 11.1. The number of nitrogens with zero attached hydrogens (tertiary/aromatic N) is 2. The van der Waals surface area contributed by atoms with Gasteiger partial charge in [-0.05, 0) is 23.3 Å². The first-order valence-electron chi connectivity index (χ1n) is 8.19. The first-order valence-corrected chi connectivity index (χ1v) is 9.00. The zero-order chi connectivity index (χ0) is 17.9. The van der Waals surface area contributed by atoms with Gasteiger partial charge in [-0.15, -0.1) is 0 Å². The van der Waals surface area contributed by atoms with Crippen LogP contribution in [-0.2, 0) is 46.3 Å². The zero-order valence-electron chi connectivity index (χ0n) is 14.1. The van der Waals surface area contributed by atoms with E-state index in [4.69, 9.17) is 30.2 Å². The van der Waals surface area contributed by atoms with Crippen LogP contribution in [0.3, 0.4) is 0 Å². The summed E-state index contributed by atoms with van der Waals surface area (Å²) < 4.78 is 0. The number of aliphatic imine (C=N–C) groups is 1. The molecule has 2 nitrogen and oxygen atoms in total. The Morgan fingerprint density at radius 2 is 1.48 bits per heavy atom. The van der Waals surface area contributed by atoms with Gasteiger partial charge in [-0.3, -0.25) is 4.99 Å². The molecule has 5 heteroatoms.